The Bertz CT molecular complexity index is 2110. The zero-order valence-electron chi connectivity index (χ0n) is 69.9. The number of allylic oxidation sites excluding steroid dienone is 18. The standard InChI is InChI=1S/C96H171NO8/c1-6-8-10-12-14-16-18-20-22-24-26-28-30-32-34-36-38-40-42-44-46-47-49-51-53-55-57-59-61-63-65-67-69-71-73-75-77-79-81-83-85-87-94(99)105-92(91-104-96(95(100)101)102-89-88-97(3,4)5)90-103-93(98)86-84-82-80-78-76-74-72-70-68-66-64-62-60-58-56-54-52-50-48-45-43-41-39-37-35-33-31-29-27-25-23-21-19-17-15-13-11-9-7-2/h8-11,14-17,20-23,26-29,32,34,92,96H,6-7,12-13,18-19,24-25,30-31,33,35-91H2,1-5H3/p+1/b10-8-,11-9-,16-14-,17-15-,22-20-,23-21-,28-26-,29-27-,34-32-. The van der Waals surface area contributed by atoms with Gasteiger partial charge in [0.15, 0.2) is 6.10 Å². The maximum Gasteiger partial charge on any atom is 0.361 e. The normalized spacial score (nSPS) is 13.1. The minimum Gasteiger partial charge on any atom is -0.477 e. The molecule has 2 unspecified atom stereocenters. The van der Waals surface area contributed by atoms with Crippen molar-refractivity contribution in [1.29, 1.82) is 0 Å². The highest BCUT2D eigenvalue weighted by Crippen LogP contribution is 2.20. The van der Waals surface area contributed by atoms with Crippen LogP contribution in [0.15, 0.2) is 109 Å². The summed E-state index contributed by atoms with van der Waals surface area (Å²) in [6.45, 7) is 4.71. The summed E-state index contributed by atoms with van der Waals surface area (Å²) in [5.74, 6) is -1.97. The number of aliphatic carboxylic acids is 1. The molecule has 0 spiro atoms. The molecule has 0 saturated heterocycles. The molecule has 608 valence electrons. The second-order valence-corrected chi connectivity index (χ2v) is 31.5. The van der Waals surface area contributed by atoms with Crippen LogP contribution in [-0.2, 0) is 33.3 Å². The van der Waals surface area contributed by atoms with E-state index in [1.54, 1.807) is 0 Å². The lowest BCUT2D eigenvalue weighted by atomic mass is 10.0. The number of nitrogens with zero attached hydrogens (tertiary/aromatic N) is 1. The van der Waals surface area contributed by atoms with E-state index in [1.807, 2.05) is 21.1 Å². The molecular formula is C96H172NO8+. The highest BCUT2D eigenvalue weighted by atomic mass is 16.7. The zero-order chi connectivity index (χ0) is 76.0. The van der Waals surface area contributed by atoms with E-state index >= 15 is 0 Å². The van der Waals surface area contributed by atoms with Gasteiger partial charge in [0.05, 0.1) is 34.4 Å². The van der Waals surface area contributed by atoms with Gasteiger partial charge in [-0.05, 0) is 96.3 Å². The molecule has 0 saturated carbocycles. The molecule has 0 fully saturated rings. The van der Waals surface area contributed by atoms with Crippen molar-refractivity contribution in [2.45, 2.75) is 437 Å². The minimum absolute atomic E-state index is 0.178. The first-order chi connectivity index (χ1) is 51.6. The number of unbranched alkanes of at least 4 members (excludes halogenated alkanes) is 51. The van der Waals surface area contributed by atoms with E-state index in [2.05, 4.69) is 123 Å². The molecule has 0 radical (unpaired) electrons. The predicted octanol–water partition coefficient (Wildman–Crippen LogP) is 29.6. The van der Waals surface area contributed by atoms with Gasteiger partial charge >= 0.3 is 17.9 Å². The predicted molar refractivity (Wildman–Crippen MR) is 456 cm³/mol. The molecule has 0 amide bonds. The van der Waals surface area contributed by atoms with E-state index in [9.17, 15) is 19.5 Å². The summed E-state index contributed by atoms with van der Waals surface area (Å²) < 4.78 is 23.1. The second kappa shape index (κ2) is 85.6. The molecule has 105 heavy (non-hydrogen) atoms. The highest BCUT2D eigenvalue weighted by molar-refractivity contribution is 5.71. The number of quaternary nitrogens is 1. The lowest BCUT2D eigenvalue weighted by molar-refractivity contribution is -0.870. The van der Waals surface area contributed by atoms with Crippen LogP contribution in [0.5, 0.6) is 0 Å². The first kappa shape index (κ1) is 101. The van der Waals surface area contributed by atoms with E-state index in [0.29, 0.717) is 17.4 Å². The third-order valence-electron chi connectivity index (χ3n) is 20.0. The molecule has 9 heteroatoms. The fraction of sp³-hybridized carbons (Fsp3) is 0.781. The number of hydrogen-bond donors (Lipinski definition) is 1. The fourth-order valence-corrected chi connectivity index (χ4v) is 13.3. The van der Waals surface area contributed by atoms with Gasteiger partial charge in [0, 0.05) is 12.8 Å². The van der Waals surface area contributed by atoms with Crippen LogP contribution in [0.1, 0.15) is 425 Å². The zero-order valence-corrected chi connectivity index (χ0v) is 69.9. The van der Waals surface area contributed by atoms with E-state index in [0.717, 1.165) is 96.3 Å². The quantitative estimate of drug-likeness (QED) is 0.0211. The Balaban J connectivity index is 3.90. The minimum atomic E-state index is -1.51. The summed E-state index contributed by atoms with van der Waals surface area (Å²) in [5.41, 5.74) is 0. The van der Waals surface area contributed by atoms with Gasteiger partial charge in [-0.1, -0.05) is 425 Å². The van der Waals surface area contributed by atoms with Crippen LogP contribution in [0.2, 0.25) is 0 Å². The number of rotatable bonds is 84. The molecule has 0 heterocycles. The van der Waals surface area contributed by atoms with Crippen molar-refractivity contribution in [2.24, 2.45) is 0 Å². The van der Waals surface area contributed by atoms with Crippen LogP contribution in [0.3, 0.4) is 0 Å². The Morgan fingerprint density at radius 3 is 0.762 bits per heavy atom. The van der Waals surface area contributed by atoms with Crippen LogP contribution < -0.4 is 0 Å². The fourth-order valence-electron chi connectivity index (χ4n) is 13.3. The maximum absolute atomic E-state index is 13.0. The van der Waals surface area contributed by atoms with Crippen molar-refractivity contribution < 1.29 is 42.9 Å². The van der Waals surface area contributed by atoms with Crippen molar-refractivity contribution in [2.75, 3.05) is 47.5 Å². The number of hydrogen-bond acceptors (Lipinski definition) is 7. The van der Waals surface area contributed by atoms with Crippen molar-refractivity contribution in [3.63, 3.8) is 0 Å². The molecule has 9 nitrogen and oxygen atoms in total. The average molecular weight is 1470 g/mol. The Kier molecular flexibility index (Phi) is 82.3. The van der Waals surface area contributed by atoms with Gasteiger partial charge in [-0.2, -0.15) is 0 Å². The largest absolute Gasteiger partial charge is 0.477 e. The summed E-state index contributed by atoms with van der Waals surface area (Å²) in [4.78, 5) is 37.8. The van der Waals surface area contributed by atoms with Crippen LogP contribution in [0.25, 0.3) is 0 Å². The van der Waals surface area contributed by atoms with E-state index in [4.69, 9.17) is 18.9 Å². The summed E-state index contributed by atoms with van der Waals surface area (Å²) >= 11 is 0. The summed E-state index contributed by atoms with van der Waals surface area (Å²) in [6, 6.07) is 0. The smallest absolute Gasteiger partial charge is 0.361 e. The number of carbonyl (C=O) groups excluding carboxylic acids is 2. The van der Waals surface area contributed by atoms with Gasteiger partial charge in [0.25, 0.3) is 6.29 Å². The van der Waals surface area contributed by atoms with E-state index in [-0.39, 0.29) is 38.2 Å². The third kappa shape index (κ3) is 87.1. The van der Waals surface area contributed by atoms with E-state index in [1.165, 1.54) is 302 Å². The molecule has 0 bridgehead atoms. The third-order valence-corrected chi connectivity index (χ3v) is 20.0. The molecule has 0 aromatic rings. The van der Waals surface area contributed by atoms with Crippen LogP contribution in [-0.4, -0.2) is 87.4 Å². The molecule has 0 aliphatic carbocycles. The first-order valence-electron chi connectivity index (χ1n) is 45.1. The molecule has 0 aromatic heterocycles. The molecule has 0 aliphatic rings. The van der Waals surface area contributed by atoms with Gasteiger partial charge in [-0.15, -0.1) is 0 Å². The summed E-state index contributed by atoms with van der Waals surface area (Å²) in [7, 11) is 6.00. The maximum atomic E-state index is 13.0. The van der Waals surface area contributed by atoms with Crippen molar-refractivity contribution in [3.8, 4) is 0 Å². The Hall–Kier alpha value is -4.05. The monoisotopic (exact) mass is 1470 g/mol. The van der Waals surface area contributed by atoms with Crippen molar-refractivity contribution in [1.82, 2.24) is 0 Å². The van der Waals surface area contributed by atoms with Gasteiger partial charge in [0.2, 0.25) is 0 Å². The Morgan fingerprint density at radius 2 is 0.514 bits per heavy atom. The lowest BCUT2D eigenvalue weighted by Gasteiger charge is -2.25. The van der Waals surface area contributed by atoms with Crippen molar-refractivity contribution >= 4 is 17.9 Å². The van der Waals surface area contributed by atoms with Gasteiger partial charge in [-0.3, -0.25) is 9.59 Å². The van der Waals surface area contributed by atoms with Crippen LogP contribution >= 0.6 is 0 Å². The number of carboxylic acid groups (broad SMARTS) is 1. The number of carboxylic acids is 1. The molecular weight excluding hydrogens is 1300 g/mol. The number of esters is 2. The first-order valence-corrected chi connectivity index (χ1v) is 45.1. The number of carbonyl (C=O) groups is 3. The van der Waals surface area contributed by atoms with Gasteiger partial charge in [0.1, 0.15) is 13.2 Å². The SMILES string of the molecule is CC/C=C\C/C=C\C/C=C\C/C=C\C/C=C\CCCCCCCCCCCCCCCCCCCCCCCCCCCC(=O)OC(COC(=O)CCCCCCCCCCCCCCCCCCCCCCCCCCCC/C=C\C/C=C\C/C=C\C/C=C\CC)COC(OCC[N+](C)(C)C)C(=O)O. The van der Waals surface area contributed by atoms with Gasteiger partial charge in [-0.25, -0.2) is 4.79 Å². The topological polar surface area (TPSA) is 108 Å². The second-order valence-electron chi connectivity index (χ2n) is 31.5. The van der Waals surface area contributed by atoms with Crippen LogP contribution in [0.4, 0.5) is 0 Å². The lowest BCUT2D eigenvalue weighted by Crippen LogP contribution is -2.40. The van der Waals surface area contributed by atoms with Crippen molar-refractivity contribution in [3.05, 3.63) is 109 Å². The number of likely N-dealkylation sites (N-methyl/N-ethyl adjacent to an activating group) is 1. The van der Waals surface area contributed by atoms with E-state index < -0.39 is 18.4 Å². The summed E-state index contributed by atoms with van der Waals surface area (Å²) in [5, 5.41) is 9.80. The van der Waals surface area contributed by atoms with Gasteiger partial charge < -0.3 is 28.5 Å². The Morgan fingerprint density at radius 1 is 0.286 bits per heavy atom. The summed E-state index contributed by atoms with van der Waals surface area (Å²) in [6.07, 6.45) is 119. The molecule has 0 rings (SSSR count). The molecule has 2 atom stereocenters. The number of ether oxygens (including phenoxy) is 4. The Labute approximate surface area is 651 Å². The van der Waals surface area contributed by atoms with Crippen LogP contribution in [0, 0.1) is 0 Å². The molecule has 1 N–H and O–H groups in total. The highest BCUT2D eigenvalue weighted by Gasteiger charge is 2.25. The molecule has 0 aliphatic heterocycles. The average Bonchev–Trinajstić information content (AvgIpc) is 1.18. The molecule has 0 aromatic carbocycles.